The molecule has 1 aromatic carbocycles. The van der Waals surface area contributed by atoms with Crippen molar-refractivity contribution in [3.63, 3.8) is 0 Å². The molecular formula is C20H32O. The molecule has 21 heavy (non-hydrogen) atoms. The number of hydrogen-bond donors (Lipinski definition) is 0. The van der Waals surface area contributed by atoms with Gasteiger partial charge in [-0.05, 0) is 24.5 Å². The maximum Gasteiger partial charge on any atom is 0.112 e. The van der Waals surface area contributed by atoms with Crippen LogP contribution >= 0.6 is 0 Å². The first-order chi connectivity index (χ1) is 10.4. The lowest BCUT2D eigenvalue weighted by Crippen LogP contribution is -1.85. The monoisotopic (exact) mass is 288 g/mol. The zero-order valence-electron chi connectivity index (χ0n) is 13.7. The molecule has 0 aromatic heterocycles. The van der Waals surface area contributed by atoms with Crippen molar-refractivity contribution in [1.29, 1.82) is 0 Å². The highest BCUT2D eigenvalue weighted by atomic mass is 16.5. The summed E-state index contributed by atoms with van der Waals surface area (Å²) in [7, 11) is 0. The quantitative estimate of drug-likeness (QED) is 0.292. The lowest BCUT2D eigenvalue weighted by Gasteiger charge is -2.01. The second-order valence-corrected chi connectivity index (χ2v) is 5.79. The van der Waals surface area contributed by atoms with Crippen molar-refractivity contribution >= 4 is 0 Å². The Bertz CT molecular complexity index is 342. The van der Waals surface area contributed by atoms with Crippen LogP contribution in [0.1, 0.15) is 76.7 Å². The lowest BCUT2D eigenvalue weighted by molar-refractivity contribution is 0.235. The summed E-state index contributed by atoms with van der Waals surface area (Å²) in [5, 5.41) is 0. The van der Waals surface area contributed by atoms with Gasteiger partial charge in [0.2, 0.25) is 0 Å². The topological polar surface area (TPSA) is 9.23 Å². The van der Waals surface area contributed by atoms with Gasteiger partial charge in [-0.25, -0.2) is 0 Å². The Morgan fingerprint density at radius 3 is 2.10 bits per heavy atom. The van der Waals surface area contributed by atoms with Crippen molar-refractivity contribution in [2.45, 2.75) is 77.7 Å². The average molecular weight is 288 g/mol. The third-order valence-corrected chi connectivity index (χ3v) is 3.76. The molecule has 0 aliphatic heterocycles. The van der Waals surface area contributed by atoms with E-state index in [1.54, 1.807) is 0 Å². The molecule has 1 nitrogen and oxygen atoms in total. The first kappa shape index (κ1) is 17.8. The molecule has 0 unspecified atom stereocenters. The summed E-state index contributed by atoms with van der Waals surface area (Å²) in [6.45, 7) is 2.95. The van der Waals surface area contributed by atoms with Crippen LogP contribution in [-0.4, -0.2) is 0 Å². The van der Waals surface area contributed by atoms with Gasteiger partial charge in [0.15, 0.2) is 0 Å². The minimum atomic E-state index is 0.676. The van der Waals surface area contributed by atoms with Crippen molar-refractivity contribution in [3.05, 3.63) is 48.2 Å². The number of allylic oxidation sites excluding steroid dienone is 1. The maximum atomic E-state index is 5.52. The average Bonchev–Trinajstić information content (AvgIpc) is 2.53. The smallest absolute Gasteiger partial charge is 0.112 e. The van der Waals surface area contributed by atoms with Crippen LogP contribution in [0, 0.1) is 0 Å². The predicted octanol–water partition coefficient (Wildman–Crippen LogP) is 6.64. The summed E-state index contributed by atoms with van der Waals surface area (Å²) < 4.78 is 5.52. The summed E-state index contributed by atoms with van der Waals surface area (Å²) in [6.07, 6.45) is 17.7. The van der Waals surface area contributed by atoms with E-state index in [-0.39, 0.29) is 0 Å². The molecule has 0 N–H and O–H groups in total. The molecule has 1 rings (SSSR count). The molecule has 0 amide bonds. The number of ether oxygens (including phenoxy) is 1. The second-order valence-electron chi connectivity index (χ2n) is 5.79. The van der Waals surface area contributed by atoms with E-state index >= 15 is 0 Å². The van der Waals surface area contributed by atoms with E-state index in [0.29, 0.717) is 6.61 Å². The molecule has 118 valence electrons. The summed E-state index contributed by atoms with van der Waals surface area (Å²) in [6, 6.07) is 10.3. The van der Waals surface area contributed by atoms with E-state index in [1.165, 1.54) is 63.4 Å². The zero-order valence-corrected chi connectivity index (χ0v) is 13.7. The molecule has 1 heteroatoms. The second kappa shape index (κ2) is 13.7. The summed E-state index contributed by atoms with van der Waals surface area (Å²) in [4.78, 5) is 0. The Balaban J connectivity index is 1.82. The number of hydrogen-bond acceptors (Lipinski definition) is 1. The van der Waals surface area contributed by atoms with Gasteiger partial charge in [0.05, 0.1) is 6.26 Å². The molecule has 1 aromatic rings. The Morgan fingerprint density at radius 2 is 1.43 bits per heavy atom. The number of unbranched alkanes of at least 4 members (excludes halogenated alkanes) is 9. The van der Waals surface area contributed by atoms with Gasteiger partial charge in [-0.1, -0.05) is 88.6 Å². The van der Waals surface area contributed by atoms with Gasteiger partial charge in [0, 0.05) is 0 Å². The Morgan fingerprint density at radius 1 is 0.810 bits per heavy atom. The predicted molar refractivity (Wildman–Crippen MR) is 92.2 cm³/mol. The molecule has 0 bridgehead atoms. The zero-order chi connectivity index (χ0) is 15.0. The molecular weight excluding hydrogens is 256 g/mol. The van der Waals surface area contributed by atoms with Crippen molar-refractivity contribution in [2.75, 3.05) is 0 Å². The van der Waals surface area contributed by atoms with E-state index in [4.69, 9.17) is 4.74 Å². The van der Waals surface area contributed by atoms with Crippen LogP contribution in [-0.2, 0) is 11.3 Å². The third-order valence-electron chi connectivity index (χ3n) is 3.76. The van der Waals surface area contributed by atoms with Gasteiger partial charge in [0.25, 0.3) is 0 Å². The fraction of sp³-hybridized carbons (Fsp3) is 0.600. The van der Waals surface area contributed by atoms with Crippen molar-refractivity contribution in [1.82, 2.24) is 0 Å². The molecule has 0 aliphatic rings. The van der Waals surface area contributed by atoms with E-state index in [2.05, 4.69) is 25.1 Å². The molecule has 0 saturated heterocycles. The largest absolute Gasteiger partial charge is 0.497 e. The van der Waals surface area contributed by atoms with E-state index in [1.807, 2.05) is 24.5 Å². The highest BCUT2D eigenvalue weighted by molar-refractivity contribution is 5.13. The molecule has 0 atom stereocenters. The van der Waals surface area contributed by atoms with E-state index < -0.39 is 0 Å². The van der Waals surface area contributed by atoms with Gasteiger partial charge in [0.1, 0.15) is 6.61 Å². The fourth-order valence-corrected chi connectivity index (χ4v) is 2.43. The van der Waals surface area contributed by atoms with Crippen LogP contribution in [0.25, 0.3) is 0 Å². The van der Waals surface area contributed by atoms with E-state index in [9.17, 15) is 0 Å². The van der Waals surface area contributed by atoms with Crippen LogP contribution in [0.4, 0.5) is 0 Å². The molecule has 0 fully saturated rings. The van der Waals surface area contributed by atoms with Gasteiger partial charge >= 0.3 is 0 Å². The highest BCUT2D eigenvalue weighted by Crippen LogP contribution is 2.10. The Kier molecular flexibility index (Phi) is 11.6. The molecule has 0 saturated carbocycles. The van der Waals surface area contributed by atoms with Crippen molar-refractivity contribution < 1.29 is 4.74 Å². The SMILES string of the molecule is CCCCCCCCCCCC=COCc1ccccc1. The normalized spacial score (nSPS) is 11.1. The summed E-state index contributed by atoms with van der Waals surface area (Å²) in [5.41, 5.74) is 1.23. The third kappa shape index (κ3) is 11.1. The summed E-state index contributed by atoms with van der Waals surface area (Å²) in [5.74, 6) is 0. The van der Waals surface area contributed by atoms with E-state index in [0.717, 1.165) is 6.42 Å². The Hall–Kier alpha value is -1.24. The summed E-state index contributed by atoms with van der Waals surface area (Å²) >= 11 is 0. The van der Waals surface area contributed by atoms with Gasteiger partial charge in [-0.15, -0.1) is 0 Å². The Labute approximate surface area is 131 Å². The number of benzene rings is 1. The molecule has 0 spiro atoms. The van der Waals surface area contributed by atoms with Crippen molar-refractivity contribution in [3.8, 4) is 0 Å². The molecule has 0 radical (unpaired) electrons. The van der Waals surface area contributed by atoms with Gasteiger partial charge in [-0.2, -0.15) is 0 Å². The van der Waals surface area contributed by atoms with Gasteiger partial charge < -0.3 is 4.74 Å². The fourth-order valence-electron chi connectivity index (χ4n) is 2.43. The first-order valence-corrected chi connectivity index (χ1v) is 8.74. The highest BCUT2D eigenvalue weighted by Gasteiger charge is 1.91. The molecule has 0 aliphatic carbocycles. The lowest BCUT2D eigenvalue weighted by atomic mass is 10.1. The van der Waals surface area contributed by atoms with Crippen molar-refractivity contribution in [2.24, 2.45) is 0 Å². The van der Waals surface area contributed by atoms with Gasteiger partial charge in [-0.3, -0.25) is 0 Å². The first-order valence-electron chi connectivity index (χ1n) is 8.74. The van der Waals surface area contributed by atoms with Crippen LogP contribution in [0.3, 0.4) is 0 Å². The maximum absolute atomic E-state index is 5.52. The van der Waals surface area contributed by atoms with Crippen LogP contribution in [0.5, 0.6) is 0 Å². The minimum Gasteiger partial charge on any atom is -0.497 e. The van der Waals surface area contributed by atoms with Crippen LogP contribution in [0.2, 0.25) is 0 Å². The van der Waals surface area contributed by atoms with Crippen LogP contribution < -0.4 is 0 Å². The molecule has 0 heterocycles. The number of rotatable bonds is 13. The standard InChI is InChI=1S/C20H32O/c1-2-3-4-5-6-7-8-9-10-11-15-18-21-19-20-16-13-12-14-17-20/h12-18H,2-11,19H2,1H3. The minimum absolute atomic E-state index is 0.676. The van der Waals surface area contributed by atoms with Crippen LogP contribution in [0.15, 0.2) is 42.7 Å².